The normalized spacial score (nSPS) is 13.3. The van der Waals surface area contributed by atoms with E-state index in [0.29, 0.717) is 11.1 Å². The molecule has 0 atom stereocenters. The van der Waals surface area contributed by atoms with Gasteiger partial charge in [-0.1, -0.05) is 69.3 Å². The second-order valence-corrected chi connectivity index (χ2v) is 7.20. The molecule has 0 radical (unpaired) electrons. The standard InChI is InChI=1S/C23H25N/c1-17-13-19(14-18-9-6-5-7-10-18)15-22(24-17)20-11-8-12-21(16-20)23(2,3)4/h5-13,15-16H,14H2,1-4H3/i14D2. The van der Waals surface area contributed by atoms with Gasteiger partial charge < -0.3 is 0 Å². The molecule has 1 aromatic heterocycles. The predicted octanol–water partition coefficient (Wildman–Crippen LogP) is 5.95. The Morgan fingerprint density at radius 3 is 2.33 bits per heavy atom. The molecular weight excluding hydrogens is 290 g/mol. The SMILES string of the molecule is [2H]C([2H])(c1ccccc1)c1cc(C)nc(-c2cccc(C(C)(C)C)c2)c1. The van der Waals surface area contributed by atoms with Crippen LogP contribution in [0.4, 0.5) is 0 Å². The van der Waals surface area contributed by atoms with Crippen molar-refractivity contribution in [2.24, 2.45) is 0 Å². The van der Waals surface area contributed by atoms with Gasteiger partial charge >= 0.3 is 0 Å². The smallest absolute Gasteiger partial charge is 0.0708 e. The fraction of sp³-hybridized carbons (Fsp3) is 0.261. The second-order valence-electron chi connectivity index (χ2n) is 7.20. The van der Waals surface area contributed by atoms with Gasteiger partial charge in [0.15, 0.2) is 0 Å². The lowest BCUT2D eigenvalue weighted by Gasteiger charge is -2.20. The summed E-state index contributed by atoms with van der Waals surface area (Å²) in [5, 5.41) is 0. The Morgan fingerprint density at radius 2 is 1.62 bits per heavy atom. The second kappa shape index (κ2) is 6.60. The van der Waals surface area contributed by atoms with Crippen LogP contribution >= 0.6 is 0 Å². The molecular formula is C23H25N. The quantitative estimate of drug-likeness (QED) is 0.582. The van der Waals surface area contributed by atoms with Gasteiger partial charge in [-0.3, -0.25) is 4.98 Å². The zero-order valence-electron chi connectivity index (χ0n) is 16.8. The van der Waals surface area contributed by atoms with Crippen molar-refractivity contribution in [2.75, 3.05) is 0 Å². The van der Waals surface area contributed by atoms with Crippen LogP contribution in [0.5, 0.6) is 0 Å². The van der Waals surface area contributed by atoms with Crippen molar-refractivity contribution in [1.29, 1.82) is 0 Å². The number of nitrogens with zero attached hydrogens (tertiary/aromatic N) is 1. The highest BCUT2D eigenvalue weighted by Crippen LogP contribution is 2.27. The number of aromatic nitrogens is 1. The van der Waals surface area contributed by atoms with Crippen LogP contribution in [0, 0.1) is 6.92 Å². The summed E-state index contributed by atoms with van der Waals surface area (Å²) >= 11 is 0. The van der Waals surface area contributed by atoms with Crippen molar-refractivity contribution in [3.63, 3.8) is 0 Å². The molecule has 1 nitrogen and oxygen atoms in total. The van der Waals surface area contributed by atoms with E-state index in [1.807, 2.05) is 61.5 Å². The number of pyridine rings is 1. The molecule has 24 heavy (non-hydrogen) atoms. The van der Waals surface area contributed by atoms with Gasteiger partial charge in [0.25, 0.3) is 0 Å². The van der Waals surface area contributed by atoms with Crippen molar-refractivity contribution >= 4 is 0 Å². The van der Waals surface area contributed by atoms with E-state index in [1.54, 1.807) is 0 Å². The van der Waals surface area contributed by atoms with Gasteiger partial charge in [-0.2, -0.15) is 0 Å². The fourth-order valence-electron chi connectivity index (χ4n) is 2.72. The minimum absolute atomic E-state index is 0.0569. The molecule has 0 spiro atoms. The van der Waals surface area contributed by atoms with Gasteiger partial charge in [0.05, 0.1) is 5.69 Å². The molecule has 0 saturated carbocycles. The summed E-state index contributed by atoms with van der Waals surface area (Å²) in [6.45, 7) is 8.49. The van der Waals surface area contributed by atoms with E-state index in [1.165, 1.54) is 5.56 Å². The molecule has 0 fully saturated rings. The summed E-state index contributed by atoms with van der Waals surface area (Å²) in [5.74, 6) is 0. The fourth-order valence-corrected chi connectivity index (χ4v) is 2.72. The molecule has 0 saturated heterocycles. The molecule has 1 heterocycles. The van der Waals surface area contributed by atoms with E-state index in [-0.39, 0.29) is 5.41 Å². The van der Waals surface area contributed by atoms with E-state index < -0.39 is 6.37 Å². The lowest BCUT2D eigenvalue weighted by molar-refractivity contribution is 0.590. The van der Waals surface area contributed by atoms with Crippen molar-refractivity contribution in [3.05, 3.63) is 89.1 Å². The number of rotatable bonds is 3. The van der Waals surface area contributed by atoms with Crippen molar-refractivity contribution < 1.29 is 2.74 Å². The predicted molar refractivity (Wildman–Crippen MR) is 102 cm³/mol. The summed E-state index contributed by atoms with van der Waals surface area (Å²) in [7, 11) is 0. The first-order valence-corrected chi connectivity index (χ1v) is 8.33. The van der Waals surface area contributed by atoms with E-state index in [2.05, 4.69) is 37.9 Å². The number of aryl methyl sites for hydroxylation is 1. The molecule has 0 N–H and O–H groups in total. The third-order valence-electron chi connectivity index (χ3n) is 4.04. The summed E-state index contributed by atoms with van der Waals surface area (Å²) in [6.07, 6.45) is -1.56. The minimum Gasteiger partial charge on any atom is -0.253 e. The maximum absolute atomic E-state index is 8.64. The molecule has 0 aliphatic carbocycles. The molecule has 0 aliphatic heterocycles. The van der Waals surface area contributed by atoms with Crippen molar-refractivity contribution in [2.45, 2.75) is 39.5 Å². The van der Waals surface area contributed by atoms with E-state index in [9.17, 15) is 0 Å². The van der Waals surface area contributed by atoms with Gasteiger partial charge in [-0.25, -0.2) is 0 Å². The summed E-state index contributed by atoms with van der Waals surface area (Å²) in [5.41, 5.74) is 5.23. The average Bonchev–Trinajstić information content (AvgIpc) is 2.61. The van der Waals surface area contributed by atoms with Gasteiger partial charge in [0, 0.05) is 14.0 Å². The van der Waals surface area contributed by atoms with E-state index in [0.717, 1.165) is 17.0 Å². The molecule has 0 bridgehead atoms. The zero-order valence-corrected chi connectivity index (χ0v) is 14.8. The molecule has 3 aromatic rings. The topological polar surface area (TPSA) is 12.9 Å². The molecule has 0 amide bonds. The highest BCUT2D eigenvalue weighted by atomic mass is 14.7. The maximum atomic E-state index is 8.64. The Balaban J connectivity index is 2.10. The minimum atomic E-state index is -1.56. The summed E-state index contributed by atoms with van der Waals surface area (Å²) in [4.78, 5) is 4.67. The first-order valence-electron chi connectivity index (χ1n) is 9.33. The molecule has 1 heteroatoms. The third kappa shape index (κ3) is 3.91. The lowest BCUT2D eigenvalue weighted by atomic mass is 9.86. The first-order chi connectivity index (χ1) is 12.2. The third-order valence-corrected chi connectivity index (χ3v) is 4.04. The van der Waals surface area contributed by atoms with Crippen LogP contribution in [-0.4, -0.2) is 4.98 Å². The van der Waals surface area contributed by atoms with Crippen LogP contribution < -0.4 is 0 Å². The van der Waals surface area contributed by atoms with Crippen LogP contribution in [0.1, 0.15) is 45.9 Å². The van der Waals surface area contributed by atoms with Gasteiger partial charge in [-0.15, -0.1) is 0 Å². The first kappa shape index (κ1) is 14.0. The van der Waals surface area contributed by atoms with Crippen molar-refractivity contribution in [3.8, 4) is 11.3 Å². The molecule has 2 aromatic carbocycles. The summed E-state index contributed by atoms with van der Waals surface area (Å²) < 4.78 is 17.3. The van der Waals surface area contributed by atoms with Gasteiger partial charge in [0.2, 0.25) is 0 Å². The van der Waals surface area contributed by atoms with Crippen LogP contribution in [0.2, 0.25) is 0 Å². The molecule has 0 unspecified atom stereocenters. The molecule has 0 aliphatic rings. The number of hydrogen-bond acceptors (Lipinski definition) is 1. The average molecular weight is 317 g/mol. The van der Waals surface area contributed by atoms with Crippen LogP contribution in [0.25, 0.3) is 11.3 Å². The molecule has 122 valence electrons. The highest BCUT2D eigenvalue weighted by Gasteiger charge is 2.14. The van der Waals surface area contributed by atoms with Crippen LogP contribution in [-0.2, 0) is 11.8 Å². The zero-order chi connectivity index (χ0) is 18.9. The van der Waals surface area contributed by atoms with Crippen LogP contribution in [0.3, 0.4) is 0 Å². The maximum Gasteiger partial charge on any atom is 0.0708 e. The largest absolute Gasteiger partial charge is 0.253 e. The molecule has 3 rings (SSSR count). The number of benzene rings is 2. The van der Waals surface area contributed by atoms with E-state index >= 15 is 0 Å². The van der Waals surface area contributed by atoms with Gasteiger partial charge in [0.1, 0.15) is 0 Å². The monoisotopic (exact) mass is 317 g/mol. The Hall–Kier alpha value is -2.41. The Labute approximate surface area is 148 Å². The van der Waals surface area contributed by atoms with Crippen molar-refractivity contribution in [1.82, 2.24) is 4.98 Å². The Morgan fingerprint density at radius 1 is 0.875 bits per heavy atom. The lowest BCUT2D eigenvalue weighted by Crippen LogP contribution is -2.10. The van der Waals surface area contributed by atoms with E-state index in [4.69, 9.17) is 2.74 Å². The van der Waals surface area contributed by atoms with Crippen LogP contribution in [0.15, 0.2) is 66.7 Å². The number of hydrogen-bond donors (Lipinski definition) is 0. The summed E-state index contributed by atoms with van der Waals surface area (Å²) in [6, 6.07) is 21.4. The van der Waals surface area contributed by atoms with Gasteiger partial charge in [-0.05, 0) is 53.6 Å². The Bertz CT molecular complexity index is 909. The Kier molecular flexibility index (Phi) is 3.85. The highest BCUT2D eigenvalue weighted by molar-refractivity contribution is 5.62.